The Morgan fingerprint density at radius 2 is 1.57 bits per heavy atom. The number of rotatable bonds is 7. The number of carbonyl (C=O) groups excluding carboxylic acids is 2. The van der Waals surface area contributed by atoms with E-state index in [-0.39, 0.29) is 48.1 Å². The molecule has 0 saturated carbocycles. The van der Waals surface area contributed by atoms with E-state index >= 15 is 0 Å². The maximum Gasteiger partial charge on any atom is 0.329 e. The number of para-hydroxylation sites is 2. The number of carbonyl (C=O) groups is 2. The molecule has 2 amide bonds. The minimum atomic E-state index is -3.68. The van der Waals surface area contributed by atoms with Gasteiger partial charge in [0.15, 0.2) is 0 Å². The second-order valence-corrected chi connectivity index (χ2v) is 10.5. The molecule has 0 bridgehead atoms. The number of fused-ring (bicyclic) bond motifs is 1. The number of piperidine rings is 1. The smallest absolute Gasteiger partial charge is 0.329 e. The monoisotopic (exact) mass is 499 g/mol. The zero-order valence-corrected chi connectivity index (χ0v) is 20.5. The van der Waals surface area contributed by atoms with E-state index in [1.54, 1.807) is 16.7 Å². The number of nitrogens with one attached hydrogen (secondary N) is 2. The molecule has 2 aromatic carbocycles. The number of amides is 2. The number of nitrogens with zero attached hydrogens (tertiary/aromatic N) is 3. The highest BCUT2D eigenvalue weighted by Gasteiger charge is 2.30. The van der Waals surface area contributed by atoms with Gasteiger partial charge in [-0.25, -0.2) is 13.2 Å². The molecule has 1 aliphatic rings. The molecule has 0 radical (unpaired) electrons. The summed E-state index contributed by atoms with van der Waals surface area (Å²) in [7, 11) is -3.68. The summed E-state index contributed by atoms with van der Waals surface area (Å²) in [5.41, 5.74) is 1.80. The fraction of sp³-hybridized carbons (Fsp3) is 0.375. The second-order valence-electron chi connectivity index (χ2n) is 8.55. The number of sulfonamides is 1. The van der Waals surface area contributed by atoms with Gasteiger partial charge >= 0.3 is 5.69 Å². The van der Waals surface area contributed by atoms with Crippen LogP contribution in [0, 0.1) is 0 Å². The van der Waals surface area contributed by atoms with Crippen molar-refractivity contribution < 1.29 is 18.0 Å². The molecular formula is C24H29N5O5S. The topological polar surface area (TPSA) is 123 Å². The molecule has 35 heavy (non-hydrogen) atoms. The molecule has 1 saturated heterocycles. The number of hydrogen-bond acceptors (Lipinski definition) is 5. The first kappa shape index (κ1) is 24.7. The Morgan fingerprint density at radius 1 is 0.971 bits per heavy atom. The summed E-state index contributed by atoms with van der Waals surface area (Å²) < 4.78 is 30.5. The predicted molar refractivity (Wildman–Crippen MR) is 133 cm³/mol. The summed E-state index contributed by atoms with van der Waals surface area (Å²) >= 11 is 0. The maximum absolute atomic E-state index is 13.0. The maximum atomic E-state index is 13.0. The van der Waals surface area contributed by atoms with Crippen LogP contribution in [0.5, 0.6) is 0 Å². The third kappa shape index (κ3) is 5.15. The molecule has 11 heteroatoms. The van der Waals surface area contributed by atoms with E-state index in [4.69, 9.17) is 0 Å². The van der Waals surface area contributed by atoms with E-state index in [0.717, 1.165) is 5.52 Å². The van der Waals surface area contributed by atoms with Crippen molar-refractivity contribution in [2.45, 2.75) is 50.7 Å². The Labute approximate surface area is 203 Å². The van der Waals surface area contributed by atoms with Gasteiger partial charge in [-0.05, 0) is 56.2 Å². The normalized spacial score (nSPS) is 15.3. The lowest BCUT2D eigenvalue weighted by atomic mass is 10.1. The van der Waals surface area contributed by atoms with Gasteiger partial charge in [0.05, 0.1) is 15.9 Å². The van der Waals surface area contributed by atoms with Crippen LogP contribution in [0.2, 0.25) is 0 Å². The molecule has 0 unspecified atom stereocenters. The van der Waals surface area contributed by atoms with Gasteiger partial charge in [0.25, 0.3) is 0 Å². The summed E-state index contributed by atoms with van der Waals surface area (Å²) in [5.74, 6) is -0.508. The molecule has 2 heterocycles. The number of benzene rings is 2. The molecule has 3 aromatic rings. The third-order valence-electron chi connectivity index (χ3n) is 6.17. The molecule has 186 valence electrons. The van der Waals surface area contributed by atoms with Gasteiger partial charge < -0.3 is 10.6 Å². The molecule has 10 nitrogen and oxygen atoms in total. The summed E-state index contributed by atoms with van der Waals surface area (Å²) in [6, 6.07) is 13.2. The van der Waals surface area contributed by atoms with Crippen LogP contribution < -0.4 is 16.3 Å². The van der Waals surface area contributed by atoms with Gasteiger partial charge in [0.1, 0.15) is 6.54 Å². The first-order valence-corrected chi connectivity index (χ1v) is 13.0. The van der Waals surface area contributed by atoms with Crippen molar-refractivity contribution in [3.05, 3.63) is 59.0 Å². The second kappa shape index (κ2) is 10.0. The molecule has 0 spiro atoms. The average molecular weight is 500 g/mol. The van der Waals surface area contributed by atoms with Gasteiger partial charge in [-0.3, -0.25) is 18.7 Å². The van der Waals surface area contributed by atoms with E-state index < -0.39 is 10.0 Å². The quantitative estimate of drug-likeness (QED) is 0.513. The van der Waals surface area contributed by atoms with Crippen molar-refractivity contribution in [1.29, 1.82) is 0 Å². The van der Waals surface area contributed by atoms with Crippen LogP contribution in [0.1, 0.15) is 26.7 Å². The van der Waals surface area contributed by atoms with Gasteiger partial charge in [-0.15, -0.1) is 0 Å². The lowest BCUT2D eigenvalue weighted by Gasteiger charge is -2.31. The van der Waals surface area contributed by atoms with Gasteiger partial charge in [0, 0.05) is 38.3 Å². The van der Waals surface area contributed by atoms with E-state index in [0.29, 0.717) is 30.6 Å². The summed E-state index contributed by atoms with van der Waals surface area (Å²) in [4.78, 5) is 36.8. The third-order valence-corrected chi connectivity index (χ3v) is 8.09. The molecule has 2 N–H and O–H groups in total. The van der Waals surface area contributed by atoms with Crippen molar-refractivity contribution in [1.82, 2.24) is 18.8 Å². The first-order valence-electron chi connectivity index (χ1n) is 11.6. The Morgan fingerprint density at radius 3 is 2.14 bits per heavy atom. The highest BCUT2D eigenvalue weighted by atomic mass is 32.2. The van der Waals surface area contributed by atoms with Crippen LogP contribution >= 0.6 is 0 Å². The van der Waals surface area contributed by atoms with E-state index in [9.17, 15) is 22.8 Å². The zero-order chi connectivity index (χ0) is 25.2. The van der Waals surface area contributed by atoms with Crippen LogP contribution in [0.3, 0.4) is 0 Å². The molecule has 0 atom stereocenters. The van der Waals surface area contributed by atoms with E-state index in [1.807, 2.05) is 31.2 Å². The molecule has 1 aliphatic heterocycles. The molecular weight excluding hydrogens is 470 g/mol. The van der Waals surface area contributed by atoms with Crippen LogP contribution in [0.15, 0.2) is 58.2 Å². The first-order chi connectivity index (χ1) is 16.7. The highest BCUT2D eigenvalue weighted by Crippen LogP contribution is 2.22. The largest absolute Gasteiger partial charge is 0.352 e. The predicted octanol–water partition coefficient (Wildman–Crippen LogP) is 1.75. The van der Waals surface area contributed by atoms with E-state index in [2.05, 4.69) is 10.6 Å². The van der Waals surface area contributed by atoms with E-state index in [1.165, 1.54) is 27.9 Å². The summed E-state index contributed by atoms with van der Waals surface area (Å²) in [6.45, 7) is 4.24. The zero-order valence-electron chi connectivity index (χ0n) is 19.7. The van der Waals surface area contributed by atoms with Crippen molar-refractivity contribution >= 4 is 38.6 Å². The minimum Gasteiger partial charge on any atom is -0.352 e. The minimum absolute atomic E-state index is 0.0918. The van der Waals surface area contributed by atoms with Crippen molar-refractivity contribution in [2.24, 2.45) is 0 Å². The number of hydrogen-bond donors (Lipinski definition) is 2. The van der Waals surface area contributed by atoms with Crippen LogP contribution in [0.25, 0.3) is 11.0 Å². The van der Waals surface area contributed by atoms with Gasteiger partial charge in [0.2, 0.25) is 21.8 Å². The average Bonchev–Trinajstić information content (AvgIpc) is 3.10. The van der Waals surface area contributed by atoms with Crippen molar-refractivity contribution in [3.63, 3.8) is 0 Å². The highest BCUT2D eigenvalue weighted by molar-refractivity contribution is 7.89. The Balaban J connectivity index is 1.37. The Kier molecular flexibility index (Phi) is 7.08. The van der Waals surface area contributed by atoms with Crippen molar-refractivity contribution in [2.75, 3.05) is 18.4 Å². The lowest BCUT2D eigenvalue weighted by molar-refractivity contribution is -0.122. The molecule has 1 aromatic heterocycles. The fourth-order valence-electron chi connectivity index (χ4n) is 4.45. The number of aryl methyl sites for hydroxylation is 1. The number of aromatic nitrogens is 2. The van der Waals surface area contributed by atoms with Crippen LogP contribution in [-0.4, -0.2) is 52.8 Å². The number of imidazole rings is 1. The SMILES string of the molecule is CCn1c(=O)n(CC(=O)NC2CCN(S(=O)(=O)c3ccc(NC(C)=O)cc3)CC2)c2ccccc21. The summed E-state index contributed by atoms with van der Waals surface area (Å²) in [5, 5.41) is 5.57. The Bertz CT molecular complexity index is 1400. The van der Waals surface area contributed by atoms with Crippen molar-refractivity contribution in [3.8, 4) is 0 Å². The lowest BCUT2D eigenvalue weighted by Crippen LogP contribution is -2.47. The fourth-order valence-corrected chi connectivity index (χ4v) is 5.92. The number of anilines is 1. The van der Waals surface area contributed by atoms with Crippen LogP contribution in [-0.2, 0) is 32.7 Å². The molecule has 1 fully saturated rings. The Hall–Kier alpha value is -3.44. The standard InChI is InChI=1S/C24H29N5O5S/c1-3-28-21-6-4-5-7-22(21)29(24(28)32)16-23(31)26-19-12-14-27(15-13-19)35(33,34)20-10-8-18(9-11-20)25-17(2)30/h4-11,19H,3,12-16H2,1-2H3,(H,25,30)(H,26,31). The van der Waals surface area contributed by atoms with Crippen LogP contribution in [0.4, 0.5) is 5.69 Å². The summed E-state index contributed by atoms with van der Waals surface area (Å²) in [6.07, 6.45) is 0.946. The molecule has 0 aliphatic carbocycles. The molecule has 4 rings (SSSR count). The van der Waals surface area contributed by atoms with Gasteiger partial charge in [-0.1, -0.05) is 12.1 Å². The van der Waals surface area contributed by atoms with Gasteiger partial charge in [-0.2, -0.15) is 4.31 Å².